The summed E-state index contributed by atoms with van der Waals surface area (Å²) in [5, 5.41) is 10.6. The first-order chi connectivity index (χ1) is 14.7. The molecule has 0 aliphatic heterocycles. The molecule has 146 valence electrons. The average Bonchev–Trinajstić information content (AvgIpc) is 3.23. The van der Waals surface area contributed by atoms with Gasteiger partial charge in [0, 0.05) is 40.1 Å². The molecule has 5 rings (SSSR count). The molecule has 0 radical (unpaired) electrons. The van der Waals surface area contributed by atoms with E-state index in [4.69, 9.17) is 4.74 Å². The molecule has 0 saturated heterocycles. The van der Waals surface area contributed by atoms with Crippen molar-refractivity contribution in [1.29, 1.82) is 0 Å². The SMILES string of the molecule is Oc1ccc(-c2cncc(-c3cc4cc(OCc5ccccc5)ccc4[nH]3)c2)cc1. The Bertz CT molecular complexity index is 1290. The summed E-state index contributed by atoms with van der Waals surface area (Å²) < 4.78 is 5.96. The van der Waals surface area contributed by atoms with Gasteiger partial charge in [-0.3, -0.25) is 4.98 Å². The highest BCUT2D eigenvalue weighted by molar-refractivity contribution is 5.87. The molecule has 30 heavy (non-hydrogen) atoms. The molecule has 0 aliphatic carbocycles. The summed E-state index contributed by atoms with van der Waals surface area (Å²) in [5.74, 6) is 1.09. The lowest BCUT2D eigenvalue weighted by Crippen LogP contribution is -1.94. The number of aromatic hydroxyl groups is 1. The third-order valence-electron chi connectivity index (χ3n) is 5.09. The quantitative estimate of drug-likeness (QED) is 0.375. The molecule has 2 aromatic heterocycles. The maximum Gasteiger partial charge on any atom is 0.120 e. The molecule has 4 nitrogen and oxygen atoms in total. The average molecular weight is 392 g/mol. The Morgan fingerprint density at radius 1 is 0.767 bits per heavy atom. The van der Waals surface area contributed by atoms with E-state index in [0.29, 0.717) is 6.61 Å². The van der Waals surface area contributed by atoms with Crippen LogP contribution in [0.4, 0.5) is 0 Å². The number of aromatic amines is 1. The number of phenols is 1. The van der Waals surface area contributed by atoms with Crippen molar-refractivity contribution in [3.63, 3.8) is 0 Å². The molecule has 2 N–H and O–H groups in total. The molecule has 2 heterocycles. The second kappa shape index (κ2) is 7.76. The van der Waals surface area contributed by atoms with Crippen LogP contribution >= 0.6 is 0 Å². The van der Waals surface area contributed by atoms with Gasteiger partial charge in [-0.1, -0.05) is 42.5 Å². The molecular formula is C26H20N2O2. The van der Waals surface area contributed by atoms with Gasteiger partial charge in [0.25, 0.3) is 0 Å². The molecule has 0 spiro atoms. The maximum absolute atomic E-state index is 9.51. The molecule has 0 atom stereocenters. The summed E-state index contributed by atoms with van der Waals surface area (Å²) in [6.45, 7) is 0.544. The van der Waals surface area contributed by atoms with Gasteiger partial charge in [-0.15, -0.1) is 0 Å². The van der Waals surface area contributed by atoms with Crippen LogP contribution in [0.15, 0.2) is 97.3 Å². The van der Waals surface area contributed by atoms with E-state index in [1.165, 1.54) is 0 Å². The first kappa shape index (κ1) is 18.0. The fourth-order valence-corrected chi connectivity index (χ4v) is 3.50. The van der Waals surface area contributed by atoms with Crippen molar-refractivity contribution in [2.45, 2.75) is 6.61 Å². The minimum absolute atomic E-state index is 0.253. The summed E-state index contributed by atoms with van der Waals surface area (Å²) >= 11 is 0. The van der Waals surface area contributed by atoms with Gasteiger partial charge < -0.3 is 14.8 Å². The largest absolute Gasteiger partial charge is 0.508 e. The second-order valence-corrected chi connectivity index (χ2v) is 7.22. The van der Waals surface area contributed by atoms with E-state index in [1.54, 1.807) is 12.1 Å². The van der Waals surface area contributed by atoms with Crippen LogP contribution in [-0.4, -0.2) is 15.1 Å². The first-order valence-corrected chi connectivity index (χ1v) is 9.79. The van der Waals surface area contributed by atoms with Gasteiger partial charge in [-0.05, 0) is 53.6 Å². The Hall–Kier alpha value is -4.05. The number of aromatic nitrogens is 2. The number of ether oxygens (including phenoxy) is 1. The number of benzene rings is 3. The zero-order valence-corrected chi connectivity index (χ0v) is 16.2. The monoisotopic (exact) mass is 392 g/mol. The highest BCUT2D eigenvalue weighted by Gasteiger charge is 2.07. The Morgan fingerprint density at radius 2 is 1.57 bits per heavy atom. The number of phenolic OH excluding ortho intramolecular Hbond substituents is 1. The van der Waals surface area contributed by atoms with Gasteiger partial charge in [0.05, 0.1) is 0 Å². The molecule has 0 unspecified atom stereocenters. The molecular weight excluding hydrogens is 372 g/mol. The summed E-state index contributed by atoms with van der Waals surface area (Å²) in [4.78, 5) is 7.87. The van der Waals surface area contributed by atoms with Gasteiger partial charge in [0.15, 0.2) is 0 Å². The molecule has 0 saturated carbocycles. The van der Waals surface area contributed by atoms with Crippen molar-refractivity contribution in [3.05, 3.63) is 103 Å². The predicted octanol–water partition coefficient (Wildman–Crippen LogP) is 6.18. The van der Waals surface area contributed by atoms with E-state index in [-0.39, 0.29) is 5.75 Å². The molecule has 5 aromatic rings. The highest BCUT2D eigenvalue weighted by Crippen LogP contribution is 2.30. The first-order valence-electron chi connectivity index (χ1n) is 9.79. The van der Waals surface area contributed by atoms with Crippen LogP contribution < -0.4 is 4.74 Å². The zero-order chi connectivity index (χ0) is 20.3. The second-order valence-electron chi connectivity index (χ2n) is 7.22. The number of hydrogen-bond acceptors (Lipinski definition) is 3. The Balaban J connectivity index is 1.41. The van der Waals surface area contributed by atoms with Crippen molar-refractivity contribution < 1.29 is 9.84 Å². The number of nitrogens with zero attached hydrogens (tertiary/aromatic N) is 1. The molecule has 0 aliphatic rings. The lowest BCUT2D eigenvalue weighted by molar-refractivity contribution is 0.306. The number of fused-ring (bicyclic) bond motifs is 1. The smallest absolute Gasteiger partial charge is 0.120 e. The van der Waals surface area contributed by atoms with Gasteiger partial charge in [-0.25, -0.2) is 0 Å². The topological polar surface area (TPSA) is 58.1 Å². The standard InChI is InChI=1S/C26H20N2O2/c29-23-8-6-19(7-9-23)21-12-22(16-27-15-21)26-14-20-13-24(10-11-25(20)28-26)30-17-18-4-2-1-3-5-18/h1-16,28-29H,17H2. The van der Waals surface area contributed by atoms with Crippen LogP contribution in [0.3, 0.4) is 0 Å². The van der Waals surface area contributed by atoms with E-state index in [9.17, 15) is 5.11 Å². The number of hydrogen-bond donors (Lipinski definition) is 2. The Kier molecular flexibility index (Phi) is 4.66. The van der Waals surface area contributed by atoms with Gasteiger partial charge >= 0.3 is 0 Å². The van der Waals surface area contributed by atoms with Crippen LogP contribution in [0.5, 0.6) is 11.5 Å². The van der Waals surface area contributed by atoms with Crippen LogP contribution in [0, 0.1) is 0 Å². The van der Waals surface area contributed by atoms with Gasteiger partial charge in [0.1, 0.15) is 18.1 Å². The Morgan fingerprint density at radius 3 is 2.40 bits per heavy atom. The Labute approximate surface area is 174 Å². The van der Waals surface area contributed by atoms with Crippen molar-refractivity contribution >= 4 is 10.9 Å². The summed E-state index contributed by atoms with van der Waals surface area (Å²) in [7, 11) is 0. The number of pyridine rings is 1. The summed E-state index contributed by atoms with van der Waals surface area (Å²) in [6, 6.07) is 27.6. The zero-order valence-electron chi connectivity index (χ0n) is 16.2. The third kappa shape index (κ3) is 3.76. The minimum atomic E-state index is 0.253. The number of rotatable bonds is 5. The van der Waals surface area contributed by atoms with E-state index in [0.717, 1.165) is 44.6 Å². The van der Waals surface area contributed by atoms with Gasteiger partial charge in [-0.2, -0.15) is 0 Å². The van der Waals surface area contributed by atoms with E-state index < -0.39 is 0 Å². The molecule has 0 fully saturated rings. The molecule has 0 bridgehead atoms. The van der Waals surface area contributed by atoms with E-state index in [1.807, 2.05) is 54.9 Å². The summed E-state index contributed by atoms with van der Waals surface area (Å²) in [6.07, 6.45) is 3.68. The highest BCUT2D eigenvalue weighted by atomic mass is 16.5. The van der Waals surface area contributed by atoms with Crippen LogP contribution in [0.1, 0.15) is 5.56 Å². The van der Waals surface area contributed by atoms with E-state index >= 15 is 0 Å². The van der Waals surface area contributed by atoms with Crippen LogP contribution in [-0.2, 0) is 6.61 Å². The fraction of sp³-hybridized carbons (Fsp3) is 0.0385. The number of nitrogens with one attached hydrogen (secondary N) is 1. The van der Waals surface area contributed by atoms with Crippen LogP contribution in [0.25, 0.3) is 33.3 Å². The maximum atomic E-state index is 9.51. The number of H-pyrrole nitrogens is 1. The lowest BCUT2D eigenvalue weighted by Gasteiger charge is -2.06. The fourth-order valence-electron chi connectivity index (χ4n) is 3.50. The third-order valence-corrected chi connectivity index (χ3v) is 5.09. The molecule has 0 amide bonds. The molecule has 4 heteroatoms. The minimum Gasteiger partial charge on any atom is -0.508 e. The van der Waals surface area contributed by atoms with Crippen molar-refractivity contribution in [2.75, 3.05) is 0 Å². The molecule has 3 aromatic carbocycles. The normalized spacial score (nSPS) is 10.9. The summed E-state index contributed by atoms with van der Waals surface area (Å²) in [5.41, 5.74) is 6.20. The van der Waals surface area contributed by atoms with Crippen LogP contribution in [0.2, 0.25) is 0 Å². The van der Waals surface area contributed by atoms with Crippen molar-refractivity contribution in [2.24, 2.45) is 0 Å². The van der Waals surface area contributed by atoms with E-state index in [2.05, 4.69) is 40.3 Å². The predicted molar refractivity (Wildman–Crippen MR) is 119 cm³/mol. The van der Waals surface area contributed by atoms with Gasteiger partial charge in [0.2, 0.25) is 0 Å². The van der Waals surface area contributed by atoms with Crippen molar-refractivity contribution in [3.8, 4) is 33.9 Å². The van der Waals surface area contributed by atoms with Crippen molar-refractivity contribution in [1.82, 2.24) is 9.97 Å². The lowest BCUT2D eigenvalue weighted by atomic mass is 10.0.